The summed E-state index contributed by atoms with van der Waals surface area (Å²) in [5.41, 5.74) is 0.460. The minimum absolute atomic E-state index is 0.460. The first kappa shape index (κ1) is 8.84. The van der Waals surface area contributed by atoms with Crippen LogP contribution in [0.2, 0.25) is 0 Å². The molecule has 0 unspecified atom stereocenters. The Hall–Kier alpha value is -1.74. The molecule has 68 valence electrons. The Bertz CT molecular complexity index is 498. The third-order valence-electron chi connectivity index (χ3n) is 1.56. The van der Waals surface area contributed by atoms with E-state index in [4.69, 9.17) is 5.26 Å². The van der Waals surface area contributed by atoms with Crippen LogP contribution in [0.4, 0.5) is 0 Å². The molecule has 0 spiro atoms. The topological polar surface area (TPSA) is 67.4 Å². The molecule has 0 amide bonds. The number of halogens is 1. The largest absolute Gasteiger partial charge is 0.220 e. The van der Waals surface area contributed by atoms with Crippen LogP contribution in [0, 0.1) is 11.3 Å². The number of nitrogens with zero attached hydrogens (tertiary/aromatic N) is 5. The van der Waals surface area contributed by atoms with Crippen LogP contribution in [0.1, 0.15) is 5.56 Å². The van der Waals surface area contributed by atoms with Gasteiger partial charge in [0.15, 0.2) is 5.82 Å². The van der Waals surface area contributed by atoms with Gasteiger partial charge in [-0.3, -0.25) is 0 Å². The van der Waals surface area contributed by atoms with Gasteiger partial charge in [-0.1, -0.05) is 0 Å². The molecule has 0 bridgehead atoms. The van der Waals surface area contributed by atoms with E-state index in [-0.39, 0.29) is 0 Å². The lowest BCUT2D eigenvalue weighted by Crippen LogP contribution is -2.00. The summed E-state index contributed by atoms with van der Waals surface area (Å²) >= 11 is 3.22. The fraction of sp³-hybridized carbons (Fsp3) is 0. The van der Waals surface area contributed by atoms with Gasteiger partial charge in [0.25, 0.3) is 0 Å². The van der Waals surface area contributed by atoms with Gasteiger partial charge < -0.3 is 0 Å². The monoisotopic (exact) mass is 249 g/mol. The molecule has 2 rings (SSSR count). The first-order chi connectivity index (χ1) is 6.79. The molecule has 2 heterocycles. The molecule has 0 atom stereocenters. The van der Waals surface area contributed by atoms with E-state index >= 15 is 0 Å². The van der Waals surface area contributed by atoms with Gasteiger partial charge in [-0.15, -0.1) is 5.10 Å². The molecule has 0 aromatic carbocycles. The summed E-state index contributed by atoms with van der Waals surface area (Å²) in [6.07, 6.45) is 3.14. The highest BCUT2D eigenvalue weighted by Crippen LogP contribution is 2.09. The summed E-state index contributed by atoms with van der Waals surface area (Å²) in [4.78, 5) is 0. The average molecular weight is 250 g/mol. The van der Waals surface area contributed by atoms with Crippen molar-refractivity contribution in [3.8, 4) is 11.9 Å². The van der Waals surface area contributed by atoms with Gasteiger partial charge in [0.2, 0.25) is 0 Å². The van der Waals surface area contributed by atoms with Crippen LogP contribution in [0.15, 0.2) is 29.1 Å². The van der Waals surface area contributed by atoms with Crippen molar-refractivity contribution in [2.75, 3.05) is 0 Å². The molecule has 0 fully saturated rings. The normalized spacial score (nSPS) is 9.71. The molecular formula is C8H4BrN5. The minimum Gasteiger partial charge on any atom is -0.220 e. The van der Waals surface area contributed by atoms with Crippen LogP contribution < -0.4 is 0 Å². The number of hydrogen-bond acceptors (Lipinski definition) is 4. The van der Waals surface area contributed by atoms with Crippen LogP contribution in [0.25, 0.3) is 5.82 Å². The smallest absolute Gasteiger partial charge is 0.176 e. The van der Waals surface area contributed by atoms with E-state index in [1.807, 2.05) is 6.07 Å². The van der Waals surface area contributed by atoms with Gasteiger partial charge in [-0.25, -0.2) is 4.68 Å². The fourth-order valence-electron chi connectivity index (χ4n) is 0.958. The van der Waals surface area contributed by atoms with Crippen molar-refractivity contribution in [1.82, 2.24) is 20.0 Å². The standard InChI is InChI=1S/C8H4BrN5/c9-7-1-2-14(13-7)8-3-6(4-10)5-11-12-8/h1-3,5H. The zero-order valence-electron chi connectivity index (χ0n) is 6.92. The molecule has 0 N–H and O–H groups in total. The Kier molecular flexibility index (Phi) is 2.24. The molecule has 2 aromatic rings. The molecule has 0 aliphatic heterocycles. The summed E-state index contributed by atoms with van der Waals surface area (Å²) in [6.45, 7) is 0. The highest BCUT2D eigenvalue weighted by Gasteiger charge is 2.01. The van der Waals surface area contributed by atoms with Gasteiger partial charge in [0.1, 0.15) is 10.7 Å². The highest BCUT2D eigenvalue weighted by molar-refractivity contribution is 9.10. The molecule has 0 radical (unpaired) electrons. The van der Waals surface area contributed by atoms with Crippen LogP contribution >= 0.6 is 15.9 Å². The minimum atomic E-state index is 0.460. The van der Waals surface area contributed by atoms with E-state index in [2.05, 4.69) is 31.2 Å². The van der Waals surface area contributed by atoms with E-state index < -0.39 is 0 Å². The third-order valence-corrected chi connectivity index (χ3v) is 1.98. The molecule has 2 aromatic heterocycles. The summed E-state index contributed by atoms with van der Waals surface area (Å²) in [7, 11) is 0. The summed E-state index contributed by atoms with van der Waals surface area (Å²) in [6, 6.07) is 5.38. The van der Waals surface area contributed by atoms with Crippen LogP contribution in [0.5, 0.6) is 0 Å². The Morgan fingerprint density at radius 2 is 2.36 bits per heavy atom. The van der Waals surface area contributed by atoms with Gasteiger partial charge in [-0.05, 0) is 22.0 Å². The van der Waals surface area contributed by atoms with E-state index in [0.29, 0.717) is 16.0 Å². The van der Waals surface area contributed by atoms with E-state index in [1.165, 1.54) is 10.9 Å². The van der Waals surface area contributed by atoms with Crippen molar-refractivity contribution in [3.63, 3.8) is 0 Å². The molecule has 0 saturated heterocycles. The zero-order valence-corrected chi connectivity index (χ0v) is 8.51. The van der Waals surface area contributed by atoms with Gasteiger partial charge in [-0.2, -0.15) is 15.5 Å². The first-order valence-corrected chi connectivity index (χ1v) is 4.53. The Morgan fingerprint density at radius 3 is 3.00 bits per heavy atom. The number of hydrogen-bond donors (Lipinski definition) is 0. The number of nitriles is 1. The summed E-state index contributed by atoms with van der Waals surface area (Å²) in [5, 5.41) is 20.3. The number of rotatable bonds is 1. The summed E-state index contributed by atoms with van der Waals surface area (Å²) < 4.78 is 2.25. The van der Waals surface area contributed by atoms with Crippen LogP contribution in [0.3, 0.4) is 0 Å². The molecule has 0 aliphatic rings. The van der Waals surface area contributed by atoms with Crippen molar-refractivity contribution < 1.29 is 0 Å². The maximum atomic E-state index is 8.66. The van der Waals surface area contributed by atoms with Crippen molar-refractivity contribution in [1.29, 1.82) is 5.26 Å². The Morgan fingerprint density at radius 1 is 1.50 bits per heavy atom. The quantitative estimate of drug-likeness (QED) is 0.764. The second kappa shape index (κ2) is 3.55. The molecule has 0 saturated carbocycles. The lowest BCUT2D eigenvalue weighted by Gasteiger charge is -1.97. The van der Waals surface area contributed by atoms with Crippen molar-refractivity contribution >= 4 is 15.9 Å². The zero-order chi connectivity index (χ0) is 9.97. The molecule has 5 nitrogen and oxygen atoms in total. The molecule has 14 heavy (non-hydrogen) atoms. The third kappa shape index (κ3) is 1.63. The van der Waals surface area contributed by atoms with Gasteiger partial charge in [0.05, 0.1) is 11.8 Å². The van der Waals surface area contributed by atoms with Crippen LogP contribution in [-0.2, 0) is 0 Å². The van der Waals surface area contributed by atoms with Crippen LogP contribution in [-0.4, -0.2) is 20.0 Å². The molecular weight excluding hydrogens is 246 g/mol. The lowest BCUT2D eigenvalue weighted by molar-refractivity contribution is 0.806. The fourth-order valence-corrected chi connectivity index (χ4v) is 1.25. The second-order valence-corrected chi connectivity index (χ2v) is 3.31. The lowest BCUT2D eigenvalue weighted by atomic mass is 10.3. The number of aromatic nitrogens is 4. The van der Waals surface area contributed by atoms with Crippen molar-refractivity contribution in [2.45, 2.75) is 0 Å². The second-order valence-electron chi connectivity index (χ2n) is 2.50. The Labute approximate surface area is 88.1 Å². The highest BCUT2D eigenvalue weighted by atomic mass is 79.9. The average Bonchev–Trinajstić information content (AvgIpc) is 2.65. The van der Waals surface area contributed by atoms with E-state index in [0.717, 1.165) is 0 Å². The predicted molar refractivity (Wildman–Crippen MR) is 51.6 cm³/mol. The first-order valence-electron chi connectivity index (χ1n) is 3.74. The maximum Gasteiger partial charge on any atom is 0.176 e. The molecule has 0 aliphatic carbocycles. The van der Waals surface area contributed by atoms with Gasteiger partial charge in [0, 0.05) is 12.3 Å². The molecule has 6 heteroatoms. The van der Waals surface area contributed by atoms with Crippen molar-refractivity contribution in [3.05, 3.63) is 34.7 Å². The maximum absolute atomic E-state index is 8.66. The van der Waals surface area contributed by atoms with E-state index in [1.54, 1.807) is 18.3 Å². The van der Waals surface area contributed by atoms with Gasteiger partial charge >= 0.3 is 0 Å². The van der Waals surface area contributed by atoms with Crippen molar-refractivity contribution in [2.24, 2.45) is 0 Å². The van der Waals surface area contributed by atoms with E-state index in [9.17, 15) is 0 Å². The SMILES string of the molecule is N#Cc1cnnc(-n2ccc(Br)n2)c1. The summed E-state index contributed by atoms with van der Waals surface area (Å²) in [5.74, 6) is 0.523. The predicted octanol–water partition coefficient (Wildman–Crippen LogP) is 1.30. The Balaban J connectivity index is 2.47.